The van der Waals surface area contributed by atoms with Crippen molar-refractivity contribution in [3.05, 3.63) is 24.6 Å². The highest BCUT2D eigenvalue weighted by Gasteiger charge is 2.19. The summed E-state index contributed by atoms with van der Waals surface area (Å²) in [5, 5.41) is 3.35. The van der Waals surface area contributed by atoms with E-state index in [1.165, 1.54) is 44.9 Å². The van der Waals surface area contributed by atoms with Crippen molar-refractivity contribution in [3.63, 3.8) is 0 Å². The first-order chi connectivity index (χ1) is 9.25. The van der Waals surface area contributed by atoms with Crippen LogP contribution in [0, 0.1) is 0 Å². The lowest BCUT2D eigenvalue weighted by molar-refractivity contribution is 0.209. The molecule has 3 heteroatoms. The lowest BCUT2D eigenvalue weighted by Crippen LogP contribution is -2.44. The monoisotopic (exact) mass is 265 g/mol. The number of hydrogen-bond acceptors (Lipinski definition) is 3. The molecule has 0 aromatic heterocycles. The quantitative estimate of drug-likeness (QED) is 0.467. The summed E-state index contributed by atoms with van der Waals surface area (Å²) in [4.78, 5) is 2.19. The summed E-state index contributed by atoms with van der Waals surface area (Å²) in [6.07, 6.45) is 19.4. The molecule has 1 rings (SSSR count). The summed E-state index contributed by atoms with van der Waals surface area (Å²) in [7, 11) is 0. The van der Waals surface area contributed by atoms with Crippen molar-refractivity contribution in [3.8, 4) is 0 Å². The van der Waals surface area contributed by atoms with Gasteiger partial charge in [-0.1, -0.05) is 38.3 Å². The van der Waals surface area contributed by atoms with Gasteiger partial charge in [0, 0.05) is 12.4 Å². The van der Waals surface area contributed by atoms with Gasteiger partial charge in [-0.3, -0.25) is 0 Å². The molecule has 2 atom stereocenters. The molecule has 1 aliphatic heterocycles. The first-order valence-electron chi connectivity index (χ1n) is 7.86. The van der Waals surface area contributed by atoms with E-state index in [2.05, 4.69) is 35.5 Å². The first-order valence-corrected chi connectivity index (χ1v) is 7.86. The molecule has 0 aromatic rings. The van der Waals surface area contributed by atoms with Gasteiger partial charge in [-0.15, -0.1) is 0 Å². The number of rotatable bonds is 10. The summed E-state index contributed by atoms with van der Waals surface area (Å²) in [6, 6.07) is 0. The van der Waals surface area contributed by atoms with Gasteiger partial charge in [0.15, 0.2) is 0 Å². The molecule has 0 aliphatic carbocycles. The van der Waals surface area contributed by atoms with E-state index < -0.39 is 0 Å². The number of nitrogens with zero attached hydrogens (tertiary/aromatic N) is 1. The molecule has 3 N–H and O–H groups in total. The van der Waals surface area contributed by atoms with E-state index in [4.69, 9.17) is 5.73 Å². The van der Waals surface area contributed by atoms with Crippen LogP contribution < -0.4 is 11.1 Å². The highest BCUT2D eigenvalue weighted by Crippen LogP contribution is 2.13. The molecular formula is C16H31N3. The topological polar surface area (TPSA) is 41.3 Å². The van der Waals surface area contributed by atoms with E-state index in [0.717, 1.165) is 6.42 Å². The van der Waals surface area contributed by atoms with Crippen LogP contribution in [0.1, 0.15) is 65.2 Å². The fraction of sp³-hybridized carbons (Fsp3) is 0.750. The van der Waals surface area contributed by atoms with E-state index in [-0.39, 0.29) is 6.17 Å². The van der Waals surface area contributed by atoms with Gasteiger partial charge >= 0.3 is 0 Å². The average Bonchev–Trinajstić information content (AvgIpc) is 2.85. The summed E-state index contributed by atoms with van der Waals surface area (Å²) in [6.45, 7) is 4.29. The van der Waals surface area contributed by atoms with Gasteiger partial charge in [-0.05, 0) is 39.0 Å². The predicted octanol–water partition coefficient (Wildman–Crippen LogP) is 3.69. The Labute approximate surface area is 118 Å². The van der Waals surface area contributed by atoms with E-state index in [1.807, 2.05) is 13.1 Å². The van der Waals surface area contributed by atoms with Crippen LogP contribution in [0.15, 0.2) is 24.6 Å². The molecule has 3 nitrogen and oxygen atoms in total. The van der Waals surface area contributed by atoms with Crippen LogP contribution in [-0.2, 0) is 0 Å². The van der Waals surface area contributed by atoms with Crippen molar-refractivity contribution in [2.75, 3.05) is 0 Å². The molecule has 19 heavy (non-hydrogen) atoms. The third kappa shape index (κ3) is 6.67. The molecule has 0 aromatic carbocycles. The predicted molar refractivity (Wildman–Crippen MR) is 83.3 cm³/mol. The highest BCUT2D eigenvalue weighted by atomic mass is 15.3. The number of allylic oxidation sites excluding steroid dienone is 2. The van der Waals surface area contributed by atoms with Crippen LogP contribution in [0.5, 0.6) is 0 Å². The minimum Gasteiger partial charge on any atom is -0.370 e. The van der Waals surface area contributed by atoms with Gasteiger partial charge in [-0.25, -0.2) is 0 Å². The van der Waals surface area contributed by atoms with Gasteiger partial charge in [0.1, 0.15) is 0 Å². The third-order valence-electron chi connectivity index (χ3n) is 3.60. The first kappa shape index (κ1) is 16.1. The number of nitrogens with two attached hydrogens (primary N) is 1. The van der Waals surface area contributed by atoms with E-state index >= 15 is 0 Å². The molecule has 2 unspecified atom stereocenters. The zero-order valence-corrected chi connectivity index (χ0v) is 12.6. The van der Waals surface area contributed by atoms with Crippen molar-refractivity contribution in [1.82, 2.24) is 10.2 Å². The Morgan fingerprint density at radius 1 is 1.21 bits per heavy atom. The minimum atomic E-state index is 0.0883. The van der Waals surface area contributed by atoms with Gasteiger partial charge < -0.3 is 16.0 Å². The van der Waals surface area contributed by atoms with Crippen LogP contribution in [0.25, 0.3) is 0 Å². The largest absolute Gasteiger partial charge is 0.370 e. The highest BCUT2D eigenvalue weighted by molar-refractivity contribution is 4.95. The van der Waals surface area contributed by atoms with E-state index in [0.29, 0.717) is 6.17 Å². The number of hydrogen-bond donors (Lipinski definition) is 2. The second-order valence-corrected chi connectivity index (χ2v) is 5.44. The van der Waals surface area contributed by atoms with Gasteiger partial charge in [-0.2, -0.15) is 0 Å². The summed E-state index contributed by atoms with van der Waals surface area (Å²) < 4.78 is 0. The molecule has 0 amide bonds. The van der Waals surface area contributed by atoms with Gasteiger partial charge in [0.25, 0.3) is 0 Å². The maximum atomic E-state index is 5.92. The maximum absolute atomic E-state index is 5.92. The average molecular weight is 265 g/mol. The van der Waals surface area contributed by atoms with Crippen LogP contribution in [-0.4, -0.2) is 17.2 Å². The number of unbranched alkanes of at least 4 members (excludes halogenated alkanes) is 5. The lowest BCUT2D eigenvalue weighted by Gasteiger charge is -2.28. The molecule has 0 spiro atoms. The zero-order chi connectivity index (χ0) is 13.9. The lowest BCUT2D eigenvalue weighted by atomic mass is 10.1. The molecule has 1 heterocycles. The Balaban J connectivity index is 2.00. The Morgan fingerprint density at radius 2 is 1.95 bits per heavy atom. The second-order valence-electron chi connectivity index (χ2n) is 5.44. The molecule has 0 fully saturated rings. The van der Waals surface area contributed by atoms with Crippen LogP contribution in [0.2, 0.25) is 0 Å². The Morgan fingerprint density at radius 3 is 2.63 bits per heavy atom. The van der Waals surface area contributed by atoms with Crippen LogP contribution >= 0.6 is 0 Å². The Hall–Kier alpha value is -0.960. The second kappa shape index (κ2) is 9.90. The Bertz CT molecular complexity index is 271. The molecule has 0 radical (unpaired) electrons. The third-order valence-corrected chi connectivity index (χ3v) is 3.60. The molecule has 0 saturated heterocycles. The molecule has 0 bridgehead atoms. The molecular weight excluding hydrogens is 234 g/mol. The van der Waals surface area contributed by atoms with E-state index in [9.17, 15) is 0 Å². The smallest absolute Gasteiger partial charge is 0.0995 e. The van der Waals surface area contributed by atoms with Crippen molar-refractivity contribution in [2.24, 2.45) is 5.73 Å². The summed E-state index contributed by atoms with van der Waals surface area (Å²) in [5.74, 6) is 0. The normalized spacial score (nSPS) is 20.2. The molecule has 1 aliphatic rings. The van der Waals surface area contributed by atoms with Crippen molar-refractivity contribution >= 4 is 0 Å². The number of nitrogens with one attached hydrogen (secondary N) is 1. The minimum absolute atomic E-state index is 0.0883. The molecule has 110 valence electrons. The van der Waals surface area contributed by atoms with E-state index in [1.54, 1.807) is 0 Å². The van der Waals surface area contributed by atoms with Gasteiger partial charge in [0.05, 0.1) is 12.3 Å². The van der Waals surface area contributed by atoms with Gasteiger partial charge in [0.2, 0.25) is 0 Å². The zero-order valence-electron chi connectivity index (χ0n) is 12.6. The van der Waals surface area contributed by atoms with Crippen molar-refractivity contribution in [2.45, 2.75) is 77.5 Å². The summed E-state index contributed by atoms with van der Waals surface area (Å²) in [5.41, 5.74) is 5.92. The van der Waals surface area contributed by atoms with Crippen molar-refractivity contribution < 1.29 is 0 Å². The fourth-order valence-corrected chi connectivity index (χ4v) is 2.44. The van der Waals surface area contributed by atoms with Crippen LogP contribution in [0.4, 0.5) is 0 Å². The molecule has 0 saturated carbocycles. The van der Waals surface area contributed by atoms with Crippen molar-refractivity contribution in [1.29, 1.82) is 0 Å². The standard InChI is InChI=1S/C16H31N3/c1-3-4-5-6-7-8-9-10-11-12-16-18-13-14-19(16)15(2)17/h8-9,13-16,18H,3-7,10-12,17H2,1-2H3/b9-8+. The summed E-state index contributed by atoms with van der Waals surface area (Å²) >= 11 is 0. The SMILES string of the molecule is CCCCCC/C=C/CCCC1NC=CN1C(C)N. The maximum Gasteiger partial charge on any atom is 0.0995 e. The fourth-order valence-electron chi connectivity index (χ4n) is 2.44. The Kier molecular flexibility index (Phi) is 8.39. The van der Waals surface area contributed by atoms with Crippen LogP contribution in [0.3, 0.4) is 0 Å².